The predicted molar refractivity (Wildman–Crippen MR) is 88.8 cm³/mol. The van der Waals surface area contributed by atoms with Crippen molar-refractivity contribution in [2.45, 2.75) is 12.7 Å². The van der Waals surface area contributed by atoms with Gasteiger partial charge >= 0.3 is 12.1 Å². The molecule has 2 heterocycles. The summed E-state index contributed by atoms with van der Waals surface area (Å²) in [6.45, 7) is -0.232. The number of halogens is 3. The number of carbonyl (C=O) groups excluding carboxylic acids is 1. The molecule has 3 aromatic rings. The zero-order chi connectivity index (χ0) is 19.6. The van der Waals surface area contributed by atoms with Gasteiger partial charge < -0.3 is 14.0 Å². The fourth-order valence-corrected chi connectivity index (χ4v) is 2.28. The number of amides is 1. The normalized spacial score (nSPS) is 11.4. The third kappa shape index (κ3) is 4.05. The molecule has 3 rings (SSSR count). The third-order valence-corrected chi connectivity index (χ3v) is 3.75. The zero-order valence-electron chi connectivity index (χ0n) is 14.0. The van der Waals surface area contributed by atoms with Crippen molar-refractivity contribution < 1.29 is 22.5 Å². The van der Waals surface area contributed by atoms with Crippen LogP contribution >= 0.6 is 0 Å². The number of para-hydroxylation sites is 1. The molecule has 1 aromatic carbocycles. The smallest absolute Gasteiger partial charge is 0.329 e. The fourth-order valence-electron chi connectivity index (χ4n) is 2.28. The molecule has 0 bridgehead atoms. The first-order valence-electron chi connectivity index (χ1n) is 7.69. The van der Waals surface area contributed by atoms with Crippen molar-refractivity contribution in [2.75, 3.05) is 11.9 Å². The molecule has 7 nitrogen and oxygen atoms in total. The van der Waals surface area contributed by atoms with Crippen LogP contribution in [-0.2, 0) is 17.5 Å². The van der Waals surface area contributed by atoms with Crippen LogP contribution in [0.15, 0.2) is 58.0 Å². The van der Waals surface area contributed by atoms with Gasteiger partial charge in [0.25, 0.3) is 5.56 Å². The highest BCUT2D eigenvalue weighted by molar-refractivity contribution is 5.92. The van der Waals surface area contributed by atoms with E-state index in [1.807, 2.05) is 6.07 Å². The van der Waals surface area contributed by atoms with Crippen molar-refractivity contribution in [1.29, 1.82) is 0 Å². The van der Waals surface area contributed by atoms with E-state index in [4.69, 9.17) is 0 Å². The standard InChI is InChI=1S/C17H13F3N4O3/c1-23(12-5-3-2-4-6-12)14(26)10-24-8-7-11(9-13(24)25)15-21-16(27-22-15)17(18,19)20/h2-9H,10H2,1H3. The Morgan fingerprint density at radius 3 is 2.52 bits per heavy atom. The molecule has 10 heteroatoms. The van der Waals surface area contributed by atoms with Gasteiger partial charge in [0.15, 0.2) is 0 Å². The molecule has 0 fully saturated rings. The minimum Gasteiger partial charge on any atom is -0.329 e. The second-order valence-corrected chi connectivity index (χ2v) is 5.59. The molecule has 0 aliphatic rings. The number of hydrogen-bond acceptors (Lipinski definition) is 5. The van der Waals surface area contributed by atoms with Gasteiger partial charge in [0.1, 0.15) is 6.54 Å². The lowest BCUT2D eigenvalue weighted by molar-refractivity contribution is -0.159. The number of anilines is 1. The Labute approximate surface area is 150 Å². The van der Waals surface area contributed by atoms with E-state index in [1.54, 1.807) is 31.3 Å². The van der Waals surface area contributed by atoms with Crippen molar-refractivity contribution >= 4 is 11.6 Å². The van der Waals surface area contributed by atoms with E-state index in [2.05, 4.69) is 14.7 Å². The summed E-state index contributed by atoms with van der Waals surface area (Å²) in [5, 5.41) is 3.22. The van der Waals surface area contributed by atoms with E-state index in [0.29, 0.717) is 5.69 Å². The van der Waals surface area contributed by atoms with E-state index < -0.39 is 17.6 Å². The van der Waals surface area contributed by atoms with E-state index >= 15 is 0 Å². The van der Waals surface area contributed by atoms with Crippen LogP contribution in [0, 0.1) is 0 Å². The molecule has 2 aromatic heterocycles. The summed E-state index contributed by atoms with van der Waals surface area (Å²) in [5.41, 5.74) is 0.138. The highest BCUT2D eigenvalue weighted by atomic mass is 19.4. The van der Waals surface area contributed by atoms with Crippen molar-refractivity contribution in [3.63, 3.8) is 0 Å². The van der Waals surface area contributed by atoms with Gasteiger partial charge in [0, 0.05) is 30.6 Å². The summed E-state index contributed by atoms with van der Waals surface area (Å²) in [4.78, 5) is 29.2. The van der Waals surface area contributed by atoms with Crippen LogP contribution in [0.5, 0.6) is 0 Å². The summed E-state index contributed by atoms with van der Waals surface area (Å²) in [5.74, 6) is -2.20. The second-order valence-electron chi connectivity index (χ2n) is 5.59. The first-order valence-corrected chi connectivity index (χ1v) is 7.69. The van der Waals surface area contributed by atoms with Gasteiger partial charge in [-0.1, -0.05) is 23.4 Å². The summed E-state index contributed by atoms with van der Waals surface area (Å²) >= 11 is 0. The van der Waals surface area contributed by atoms with E-state index in [1.165, 1.54) is 17.2 Å². The monoisotopic (exact) mass is 378 g/mol. The maximum Gasteiger partial charge on any atom is 0.471 e. The number of rotatable bonds is 4. The van der Waals surface area contributed by atoms with Crippen molar-refractivity contribution in [3.05, 3.63) is 64.9 Å². The number of nitrogens with zero attached hydrogens (tertiary/aromatic N) is 4. The number of pyridine rings is 1. The molecule has 0 atom stereocenters. The SMILES string of the molecule is CN(C(=O)Cn1ccc(-c2noc(C(F)(F)F)n2)cc1=O)c1ccccc1. The molecule has 140 valence electrons. The number of aromatic nitrogens is 3. The molecule has 0 unspecified atom stereocenters. The Kier molecular flexibility index (Phi) is 4.80. The number of benzene rings is 1. The molecule has 0 saturated carbocycles. The zero-order valence-corrected chi connectivity index (χ0v) is 14.0. The Hall–Kier alpha value is -3.43. The van der Waals surface area contributed by atoms with Gasteiger partial charge in [0.2, 0.25) is 11.7 Å². The van der Waals surface area contributed by atoms with Crippen LogP contribution in [-0.4, -0.2) is 27.7 Å². The fraction of sp³-hybridized carbons (Fsp3) is 0.176. The topological polar surface area (TPSA) is 81.2 Å². The summed E-state index contributed by atoms with van der Waals surface area (Å²) in [6.07, 6.45) is -3.48. The molecule has 27 heavy (non-hydrogen) atoms. The molecule has 0 saturated heterocycles. The lowest BCUT2D eigenvalue weighted by Gasteiger charge is -2.17. The summed E-state index contributed by atoms with van der Waals surface area (Å²) < 4.78 is 42.8. The maximum absolute atomic E-state index is 12.5. The molecule has 0 N–H and O–H groups in total. The minimum absolute atomic E-state index is 0.0550. The van der Waals surface area contributed by atoms with Crippen LogP contribution in [0.3, 0.4) is 0 Å². The third-order valence-electron chi connectivity index (χ3n) is 3.75. The van der Waals surface area contributed by atoms with Gasteiger partial charge in [-0.3, -0.25) is 9.59 Å². The number of hydrogen-bond donors (Lipinski definition) is 0. The first-order chi connectivity index (χ1) is 12.8. The number of carbonyl (C=O) groups is 1. The quantitative estimate of drug-likeness (QED) is 0.697. The van der Waals surface area contributed by atoms with Gasteiger partial charge in [0.05, 0.1) is 0 Å². The van der Waals surface area contributed by atoms with Crippen LogP contribution in [0.4, 0.5) is 18.9 Å². The molecule has 0 aliphatic heterocycles. The number of likely N-dealkylation sites (N-methyl/N-ethyl adjacent to an activating group) is 1. The number of alkyl halides is 3. The van der Waals surface area contributed by atoms with Gasteiger partial charge in [-0.2, -0.15) is 18.2 Å². The lowest BCUT2D eigenvalue weighted by atomic mass is 10.2. The molecule has 1 amide bonds. The Morgan fingerprint density at radius 1 is 1.22 bits per heavy atom. The highest BCUT2D eigenvalue weighted by Crippen LogP contribution is 2.29. The van der Waals surface area contributed by atoms with Crippen LogP contribution in [0.1, 0.15) is 5.89 Å². The first kappa shape index (κ1) is 18.4. The van der Waals surface area contributed by atoms with E-state index in [-0.39, 0.29) is 23.8 Å². The van der Waals surface area contributed by atoms with Crippen LogP contribution in [0.2, 0.25) is 0 Å². The predicted octanol–water partition coefficient (Wildman–Crippen LogP) is 2.58. The largest absolute Gasteiger partial charge is 0.471 e. The molecule has 0 aliphatic carbocycles. The second kappa shape index (κ2) is 7.06. The lowest BCUT2D eigenvalue weighted by Crippen LogP contribution is -2.33. The van der Waals surface area contributed by atoms with E-state index in [0.717, 1.165) is 10.6 Å². The molecular weight excluding hydrogens is 365 g/mol. The van der Waals surface area contributed by atoms with Gasteiger partial charge in [-0.15, -0.1) is 0 Å². The Balaban J connectivity index is 1.78. The highest BCUT2D eigenvalue weighted by Gasteiger charge is 2.38. The van der Waals surface area contributed by atoms with E-state index in [9.17, 15) is 22.8 Å². The van der Waals surface area contributed by atoms with Crippen molar-refractivity contribution in [2.24, 2.45) is 0 Å². The van der Waals surface area contributed by atoms with Crippen molar-refractivity contribution in [1.82, 2.24) is 14.7 Å². The van der Waals surface area contributed by atoms with Crippen molar-refractivity contribution in [3.8, 4) is 11.4 Å². The Bertz CT molecular complexity index is 1010. The maximum atomic E-state index is 12.5. The van der Waals surface area contributed by atoms with Crippen LogP contribution < -0.4 is 10.5 Å². The molecular formula is C17H13F3N4O3. The van der Waals surface area contributed by atoms with Gasteiger partial charge in [-0.05, 0) is 18.2 Å². The van der Waals surface area contributed by atoms with Crippen LogP contribution in [0.25, 0.3) is 11.4 Å². The minimum atomic E-state index is -4.77. The average molecular weight is 378 g/mol. The summed E-state index contributed by atoms with van der Waals surface area (Å²) in [6, 6.07) is 11.2. The van der Waals surface area contributed by atoms with Gasteiger partial charge in [-0.25, -0.2) is 0 Å². The summed E-state index contributed by atoms with van der Waals surface area (Å²) in [7, 11) is 1.58. The Morgan fingerprint density at radius 2 is 1.93 bits per heavy atom. The molecule has 0 radical (unpaired) electrons. The molecule has 0 spiro atoms. The average Bonchev–Trinajstić information content (AvgIpc) is 3.14.